The van der Waals surface area contributed by atoms with E-state index >= 15 is 0 Å². The van der Waals surface area contributed by atoms with E-state index in [2.05, 4.69) is 15.9 Å². The van der Waals surface area contributed by atoms with Crippen molar-refractivity contribution in [2.75, 3.05) is 11.1 Å². The van der Waals surface area contributed by atoms with Gasteiger partial charge < -0.3 is 15.9 Å². The molecule has 0 aliphatic carbocycles. The van der Waals surface area contributed by atoms with Crippen molar-refractivity contribution in [3.8, 4) is 0 Å². The molecule has 0 bridgehead atoms. The summed E-state index contributed by atoms with van der Waals surface area (Å²) in [6, 6.07) is 3.30. The largest absolute Gasteiger partial charge is 0.398 e. The zero-order valence-electron chi connectivity index (χ0n) is 8.95. The van der Waals surface area contributed by atoms with Crippen molar-refractivity contribution in [2.24, 2.45) is 0 Å². The number of aliphatic hydroxyl groups is 2. The molecule has 4 N–H and O–H groups in total. The van der Waals surface area contributed by atoms with Gasteiger partial charge in [0.15, 0.2) is 0 Å². The molecular weight excluding hydrogens is 293 g/mol. The maximum absolute atomic E-state index is 9.92. The number of aryl methyl sites for hydroxylation is 1. The number of benzene rings is 1. The zero-order chi connectivity index (χ0) is 12.3. The van der Waals surface area contributed by atoms with E-state index < -0.39 is 12.2 Å². The number of rotatable bonds is 4. The molecule has 0 saturated heterocycles. The average Bonchev–Trinajstić information content (AvgIpc) is 2.23. The summed E-state index contributed by atoms with van der Waals surface area (Å²) >= 11 is 9.19. The number of hydrogen-bond donors (Lipinski definition) is 3. The van der Waals surface area contributed by atoms with Gasteiger partial charge in [-0.3, -0.25) is 0 Å². The standard InChI is InChI=1S/C11H15BrClNO2/c1-6-4-7(8(13)5-9(6)14)11(16)10(15)2-3-12/h4-5,10-11,15-16H,2-3,14H2,1H3. The predicted molar refractivity (Wildman–Crippen MR) is 70.0 cm³/mol. The summed E-state index contributed by atoms with van der Waals surface area (Å²) in [5, 5.41) is 20.6. The third-order valence-corrected chi connectivity index (χ3v) is 3.26. The van der Waals surface area contributed by atoms with Crippen molar-refractivity contribution >= 4 is 33.2 Å². The van der Waals surface area contributed by atoms with Gasteiger partial charge in [0.05, 0.1) is 6.10 Å². The van der Waals surface area contributed by atoms with Crippen molar-refractivity contribution in [2.45, 2.75) is 25.6 Å². The number of nitrogen functional groups attached to an aromatic ring is 1. The summed E-state index contributed by atoms with van der Waals surface area (Å²) in [6.45, 7) is 1.83. The van der Waals surface area contributed by atoms with Gasteiger partial charge in [0.2, 0.25) is 0 Å². The summed E-state index contributed by atoms with van der Waals surface area (Å²) < 4.78 is 0. The smallest absolute Gasteiger partial charge is 0.106 e. The number of anilines is 1. The third kappa shape index (κ3) is 3.10. The van der Waals surface area contributed by atoms with Gasteiger partial charge in [-0.1, -0.05) is 27.5 Å². The highest BCUT2D eigenvalue weighted by atomic mass is 79.9. The molecule has 1 aromatic carbocycles. The molecular formula is C11H15BrClNO2. The first-order valence-corrected chi connectivity index (χ1v) is 6.45. The summed E-state index contributed by atoms with van der Waals surface area (Å²) in [5.41, 5.74) is 7.62. The van der Waals surface area contributed by atoms with E-state index in [1.165, 1.54) is 0 Å². The van der Waals surface area contributed by atoms with E-state index in [0.29, 0.717) is 28.0 Å². The molecule has 3 nitrogen and oxygen atoms in total. The molecule has 1 rings (SSSR count). The van der Waals surface area contributed by atoms with Gasteiger partial charge in [-0.25, -0.2) is 0 Å². The first-order valence-electron chi connectivity index (χ1n) is 4.95. The number of hydrogen-bond acceptors (Lipinski definition) is 3. The van der Waals surface area contributed by atoms with Crippen molar-refractivity contribution in [3.63, 3.8) is 0 Å². The minimum absolute atomic E-state index is 0.379. The van der Waals surface area contributed by atoms with Crippen LogP contribution in [-0.2, 0) is 0 Å². The van der Waals surface area contributed by atoms with Crippen LogP contribution in [0, 0.1) is 6.92 Å². The van der Waals surface area contributed by atoms with Crippen LogP contribution in [0.5, 0.6) is 0 Å². The van der Waals surface area contributed by atoms with Crippen LogP contribution in [0.25, 0.3) is 0 Å². The highest BCUT2D eigenvalue weighted by Crippen LogP contribution is 2.30. The number of nitrogens with two attached hydrogens (primary N) is 1. The van der Waals surface area contributed by atoms with Crippen LogP contribution in [0.2, 0.25) is 5.02 Å². The lowest BCUT2D eigenvalue weighted by atomic mass is 10.00. The summed E-state index contributed by atoms with van der Waals surface area (Å²) in [6.07, 6.45) is -1.36. The molecule has 0 saturated carbocycles. The van der Waals surface area contributed by atoms with Crippen LogP contribution in [-0.4, -0.2) is 21.6 Å². The fourth-order valence-electron chi connectivity index (χ4n) is 1.42. The van der Waals surface area contributed by atoms with E-state index in [1.807, 2.05) is 6.92 Å². The maximum atomic E-state index is 9.92. The topological polar surface area (TPSA) is 66.5 Å². The van der Waals surface area contributed by atoms with Crippen LogP contribution in [0.1, 0.15) is 23.7 Å². The fraction of sp³-hybridized carbons (Fsp3) is 0.455. The van der Waals surface area contributed by atoms with Crippen molar-refractivity contribution in [3.05, 3.63) is 28.3 Å². The van der Waals surface area contributed by atoms with Crippen LogP contribution in [0.15, 0.2) is 12.1 Å². The molecule has 0 aromatic heterocycles. The lowest BCUT2D eigenvalue weighted by Gasteiger charge is -2.19. The Hall–Kier alpha value is -0.290. The predicted octanol–water partition coefficient (Wildman–Crippen LogP) is 2.41. The second-order valence-electron chi connectivity index (χ2n) is 3.72. The lowest BCUT2D eigenvalue weighted by Crippen LogP contribution is -2.19. The molecule has 1 aromatic rings. The Kier molecular flexibility index (Phi) is 5.05. The summed E-state index contributed by atoms with van der Waals surface area (Å²) in [7, 11) is 0. The van der Waals surface area contributed by atoms with E-state index in [4.69, 9.17) is 17.3 Å². The minimum atomic E-state index is -0.982. The van der Waals surface area contributed by atoms with Crippen LogP contribution >= 0.6 is 27.5 Å². The zero-order valence-corrected chi connectivity index (χ0v) is 11.3. The van der Waals surface area contributed by atoms with E-state index in [9.17, 15) is 10.2 Å². The van der Waals surface area contributed by atoms with Crippen LogP contribution in [0.4, 0.5) is 5.69 Å². The molecule has 0 amide bonds. The number of halogens is 2. The molecule has 0 spiro atoms. The Morgan fingerprint density at radius 2 is 2.06 bits per heavy atom. The quantitative estimate of drug-likeness (QED) is 0.591. The van der Waals surface area contributed by atoms with Gasteiger partial charge in [0.25, 0.3) is 0 Å². The third-order valence-electron chi connectivity index (χ3n) is 2.47. The van der Waals surface area contributed by atoms with Gasteiger partial charge in [-0.2, -0.15) is 0 Å². The normalized spacial score (nSPS) is 14.8. The Morgan fingerprint density at radius 1 is 1.44 bits per heavy atom. The second-order valence-corrected chi connectivity index (χ2v) is 4.92. The van der Waals surface area contributed by atoms with E-state index in [1.54, 1.807) is 12.1 Å². The highest BCUT2D eigenvalue weighted by molar-refractivity contribution is 9.09. The molecule has 2 unspecified atom stereocenters. The molecule has 5 heteroatoms. The van der Waals surface area contributed by atoms with E-state index in [0.717, 1.165) is 5.56 Å². The first kappa shape index (κ1) is 13.8. The van der Waals surface area contributed by atoms with Crippen molar-refractivity contribution < 1.29 is 10.2 Å². The summed E-state index contributed by atoms with van der Waals surface area (Å²) in [5.74, 6) is 0. The highest BCUT2D eigenvalue weighted by Gasteiger charge is 2.20. The Balaban J connectivity index is 2.99. The van der Waals surface area contributed by atoms with Crippen molar-refractivity contribution in [1.29, 1.82) is 0 Å². The minimum Gasteiger partial charge on any atom is -0.398 e. The SMILES string of the molecule is Cc1cc(C(O)C(O)CCBr)c(Cl)cc1N. The Morgan fingerprint density at radius 3 is 2.62 bits per heavy atom. The fourth-order valence-corrected chi connectivity index (χ4v) is 2.18. The maximum Gasteiger partial charge on any atom is 0.106 e. The Bertz CT molecular complexity index is 373. The number of alkyl halides is 1. The lowest BCUT2D eigenvalue weighted by molar-refractivity contribution is 0.0174. The average molecular weight is 309 g/mol. The monoisotopic (exact) mass is 307 g/mol. The van der Waals surface area contributed by atoms with Gasteiger partial charge in [0.1, 0.15) is 6.10 Å². The van der Waals surface area contributed by atoms with Gasteiger partial charge >= 0.3 is 0 Å². The number of aliphatic hydroxyl groups excluding tert-OH is 2. The summed E-state index contributed by atoms with van der Waals surface area (Å²) in [4.78, 5) is 0. The Labute approximate surface area is 108 Å². The molecule has 0 heterocycles. The van der Waals surface area contributed by atoms with Gasteiger partial charge in [-0.15, -0.1) is 0 Å². The van der Waals surface area contributed by atoms with Crippen LogP contribution in [0.3, 0.4) is 0 Å². The first-order chi connectivity index (χ1) is 7.47. The molecule has 2 atom stereocenters. The van der Waals surface area contributed by atoms with Gasteiger partial charge in [0, 0.05) is 21.6 Å². The second kappa shape index (κ2) is 5.87. The molecule has 16 heavy (non-hydrogen) atoms. The van der Waals surface area contributed by atoms with Gasteiger partial charge in [-0.05, 0) is 31.0 Å². The molecule has 0 aliphatic heterocycles. The van der Waals surface area contributed by atoms with E-state index in [-0.39, 0.29) is 0 Å². The molecule has 0 fully saturated rings. The molecule has 90 valence electrons. The van der Waals surface area contributed by atoms with Crippen LogP contribution < -0.4 is 5.73 Å². The van der Waals surface area contributed by atoms with Crippen molar-refractivity contribution in [1.82, 2.24) is 0 Å². The molecule has 0 radical (unpaired) electrons. The molecule has 0 aliphatic rings.